The van der Waals surface area contributed by atoms with Crippen LogP contribution in [0.1, 0.15) is 19.3 Å². The number of rotatable bonds is 0. The van der Waals surface area contributed by atoms with Crippen molar-refractivity contribution in [3.8, 4) is 0 Å². The topological polar surface area (TPSA) is 0 Å². The van der Waals surface area contributed by atoms with E-state index in [0.717, 1.165) is 0 Å². The van der Waals surface area contributed by atoms with Crippen molar-refractivity contribution in [2.45, 2.75) is 19.3 Å². The monoisotopic (exact) mass is 332 g/mol. The van der Waals surface area contributed by atoms with Gasteiger partial charge in [0.1, 0.15) is 0 Å². The van der Waals surface area contributed by atoms with Crippen molar-refractivity contribution in [3.05, 3.63) is 82.8 Å². The molecular formula is C26H20. The van der Waals surface area contributed by atoms with E-state index in [4.69, 9.17) is 0 Å². The molecule has 0 spiro atoms. The van der Waals surface area contributed by atoms with Crippen LogP contribution < -0.4 is 10.4 Å². The molecule has 0 radical (unpaired) electrons. The summed E-state index contributed by atoms with van der Waals surface area (Å²) >= 11 is 0. The molecule has 0 saturated carbocycles. The SMILES string of the molecule is C1=C2C=c3cc4cc5cc6ccccc6cc5cc4cc3=CC2CCC1. The van der Waals surface area contributed by atoms with E-state index in [-0.39, 0.29) is 0 Å². The molecule has 0 saturated heterocycles. The van der Waals surface area contributed by atoms with Crippen LogP contribution in [0.2, 0.25) is 0 Å². The first-order valence-electron chi connectivity index (χ1n) is 9.63. The number of benzene rings is 4. The lowest BCUT2D eigenvalue weighted by Crippen LogP contribution is -2.30. The van der Waals surface area contributed by atoms with Crippen LogP contribution in [0.3, 0.4) is 0 Å². The van der Waals surface area contributed by atoms with Crippen LogP contribution in [0.5, 0.6) is 0 Å². The zero-order valence-electron chi connectivity index (χ0n) is 14.7. The van der Waals surface area contributed by atoms with Gasteiger partial charge < -0.3 is 0 Å². The first kappa shape index (κ1) is 14.3. The Morgan fingerprint density at radius 2 is 1.27 bits per heavy atom. The van der Waals surface area contributed by atoms with Crippen molar-refractivity contribution in [2.24, 2.45) is 5.92 Å². The van der Waals surface area contributed by atoms with E-state index in [1.54, 1.807) is 0 Å². The Balaban J connectivity index is 1.67. The smallest absolute Gasteiger partial charge is 0.00243 e. The summed E-state index contributed by atoms with van der Waals surface area (Å²) in [6.45, 7) is 0. The summed E-state index contributed by atoms with van der Waals surface area (Å²) in [6.07, 6.45) is 11.2. The van der Waals surface area contributed by atoms with Crippen LogP contribution in [-0.2, 0) is 0 Å². The summed E-state index contributed by atoms with van der Waals surface area (Å²) in [6, 6.07) is 22.7. The summed E-state index contributed by atoms with van der Waals surface area (Å²) < 4.78 is 0. The van der Waals surface area contributed by atoms with Crippen LogP contribution >= 0.6 is 0 Å². The lowest BCUT2D eigenvalue weighted by Gasteiger charge is -2.22. The van der Waals surface area contributed by atoms with Crippen LogP contribution in [0, 0.1) is 5.92 Å². The standard InChI is InChI=1S/C26H20/c1-2-6-18-10-22-14-26-16-24-12-20-8-4-3-7-19(20)11-23(24)15-25(26)13-21(22)9-17(18)5-1/h1-2,5-7,9-16,20H,3-4,8H2. The normalized spacial score (nSPS) is 18.8. The van der Waals surface area contributed by atoms with Crippen LogP contribution in [0.4, 0.5) is 0 Å². The molecular weight excluding hydrogens is 312 g/mol. The maximum Gasteiger partial charge on any atom is 0.00243 e. The molecule has 0 bridgehead atoms. The molecule has 2 aliphatic carbocycles. The summed E-state index contributed by atoms with van der Waals surface area (Å²) in [5, 5.41) is 10.7. The molecule has 0 aromatic heterocycles. The van der Waals surface area contributed by atoms with Crippen LogP contribution in [0.15, 0.2) is 72.3 Å². The molecule has 1 atom stereocenters. The predicted octanol–water partition coefficient (Wildman–Crippen LogP) is 5.45. The second-order valence-corrected chi connectivity index (χ2v) is 7.78. The molecule has 0 amide bonds. The zero-order valence-corrected chi connectivity index (χ0v) is 14.7. The van der Waals surface area contributed by atoms with Gasteiger partial charge in [-0.05, 0) is 104 Å². The van der Waals surface area contributed by atoms with Crippen molar-refractivity contribution < 1.29 is 0 Å². The third-order valence-corrected chi connectivity index (χ3v) is 6.09. The van der Waals surface area contributed by atoms with Gasteiger partial charge in [0.2, 0.25) is 0 Å². The molecule has 6 rings (SSSR count). The van der Waals surface area contributed by atoms with Crippen molar-refractivity contribution in [1.29, 1.82) is 0 Å². The van der Waals surface area contributed by atoms with Gasteiger partial charge in [-0.1, -0.05) is 42.5 Å². The Morgan fingerprint density at radius 1 is 0.654 bits per heavy atom. The summed E-state index contributed by atoms with van der Waals surface area (Å²) in [4.78, 5) is 0. The Kier molecular flexibility index (Phi) is 2.93. The molecule has 0 N–H and O–H groups in total. The minimum absolute atomic E-state index is 0.623. The van der Waals surface area contributed by atoms with E-state index in [0.29, 0.717) is 5.92 Å². The number of hydrogen-bond acceptors (Lipinski definition) is 0. The molecule has 0 heteroatoms. The fourth-order valence-corrected chi connectivity index (χ4v) is 4.71. The highest BCUT2D eigenvalue weighted by atomic mass is 14.2. The third-order valence-electron chi connectivity index (χ3n) is 6.09. The largest absolute Gasteiger partial charge is 0.0807 e. The summed E-state index contributed by atoms with van der Waals surface area (Å²) in [7, 11) is 0. The highest BCUT2D eigenvalue weighted by molar-refractivity contribution is 6.04. The molecule has 4 aromatic carbocycles. The minimum Gasteiger partial charge on any atom is -0.0807 e. The Labute approximate surface area is 152 Å². The van der Waals surface area contributed by atoms with Crippen LogP contribution in [0.25, 0.3) is 44.5 Å². The maximum atomic E-state index is 2.49. The van der Waals surface area contributed by atoms with Gasteiger partial charge in [-0.2, -0.15) is 0 Å². The van der Waals surface area contributed by atoms with Gasteiger partial charge >= 0.3 is 0 Å². The van der Waals surface area contributed by atoms with E-state index in [1.165, 1.54) is 67.6 Å². The molecule has 0 aliphatic heterocycles. The van der Waals surface area contributed by atoms with Crippen molar-refractivity contribution in [3.63, 3.8) is 0 Å². The average molecular weight is 332 g/mol. The lowest BCUT2D eigenvalue weighted by atomic mass is 9.83. The summed E-state index contributed by atoms with van der Waals surface area (Å²) in [5.74, 6) is 0.623. The lowest BCUT2D eigenvalue weighted by molar-refractivity contribution is 0.634. The number of hydrogen-bond donors (Lipinski definition) is 0. The van der Waals surface area contributed by atoms with Gasteiger partial charge in [0.05, 0.1) is 0 Å². The molecule has 124 valence electrons. The van der Waals surface area contributed by atoms with Crippen molar-refractivity contribution in [2.75, 3.05) is 0 Å². The highest BCUT2D eigenvalue weighted by Crippen LogP contribution is 2.29. The Bertz CT molecular complexity index is 1350. The average Bonchev–Trinajstić information content (AvgIpc) is 2.67. The molecule has 26 heavy (non-hydrogen) atoms. The molecule has 2 aliphatic rings. The van der Waals surface area contributed by atoms with Gasteiger partial charge in [-0.25, -0.2) is 0 Å². The minimum atomic E-state index is 0.623. The van der Waals surface area contributed by atoms with Gasteiger partial charge in [0.15, 0.2) is 0 Å². The van der Waals surface area contributed by atoms with E-state index in [1.807, 2.05) is 0 Å². The molecule has 0 fully saturated rings. The summed E-state index contributed by atoms with van der Waals surface area (Å²) in [5.41, 5.74) is 1.52. The van der Waals surface area contributed by atoms with Crippen LogP contribution in [-0.4, -0.2) is 0 Å². The third kappa shape index (κ3) is 2.15. The van der Waals surface area contributed by atoms with Gasteiger partial charge in [0.25, 0.3) is 0 Å². The molecule has 4 aromatic rings. The Hall–Kier alpha value is -2.86. The van der Waals surface area contributed by atoms with Gasteiger partial charge in [-0.3, -0.25) is 0 Å². The molecule has 0 heterocycles. The second kappa shape index (κ2) is 5.32. The van der Waals surface area contributed by atoms with E-state index < -0.39 is 0 Å². The molecule has 0 nitrogen and oxygen atoms in total. The van der Waals surface area contributed by atoms with Crippen molar-refractivity contribution in [1.82, 2.24) is 0 Å². The number of fused-ring (bicyclic) bond motifs is 5. The van der Waals surface area contributed by atoms with Gasteiger partial charge in [0, 0.05) is 5.92 Å². The highest BCUT2D eigenvalue weighted by Gasteiger charge is 2.16. The Morgan fingerprint density at radius 3 is 2.00 bits per heavy atom. The zero-order chi connectivity index (χ0) is 17.1. The fraction of sp³-hybridized carbons (Fsp3) is 0.154. The fourth-order valence-electron chi connectivity index (χ4n) is 4.71. The maximum absolute atomic E-state index is 2.49. The van der Waals surface area contributed by atoms with E-state index in [2.05, 4.69) is 78.9 Å². The van der Waals surface area contributed by atoms with E-state index >= 15 is 0 Å². The quantitative estimate of drug-likeness (QED) is 0.376. The van der Waals surface area contributed by atoms with Crippen molar-refractivity contribution >= 4 is 44.5 Å². The second-order valence-electron chi connectivity index (χ2n) is 7.78. The van der Waals surface area contributed by atoms with E-state index in [9.17, 15) is 0 Å². The molecule has 1 unspecified atom stereocenters. The predicted molar refractivity (Wildman–Crippen MR) is 113 cm³/mol. The first-order chi connectivity index (χ1) is 12.8. The first-order valence-corrected chi connectivity index (χ1v) is 9.63. The van der Waals surface area contributed by atoms with Gasteiger partial charge in [-0.15, -0.1) is 0 Å². The number of allylic oxidation sites excluding steroid dienone is 2.